The van der Waals surface area contributed by atoms with Crippen molar-refractivity contribution < 1.29 is 4.74 Å². The molecule has 1 aromatic rings. The summed E-state index contributed by atoms with van der Waals surface area (Å²) in [7, 11) is 0. The summed E-state index contributed by atoms with van der Waals surface area (Å²) < 4.78 is 5.79. The quantitative estimate of drug-likeness (QED) is 0.894. The predicted molar refractivity (Wildman–Crippen MR) is 78.4 cm³/mol. The van der Waals surface area contributed by atoms with Crippen LogP contribution in [-0.4, -0.2) is 18.2 Å². The number of hydrogen-bond donors (Lipinski definition) is 1. The van der Waals surface area contributed by atoms with Crippen molar-refractivity contribution in [2.45, 2.75) is 71.8 Å². The minimum atomic E-state index is 0.378. The minimum absolute atomic E-state index is 0.378. The Bertz CT molecular complexity index is 391. The van der Waals surface area contributed by atoms with Gasteiger partial charge in [-0.3, -0.25) is 0 Å². The lowest BCUT2D eigenvalue weighted by Gasteiger charge is -2.34. The van der Waals surface area contributed by atoms with Crippen molar-refractivity contribution in [3.63, 3.8) is 0 Å². The Morgan fingerprint density at radius 2 is 1.89 bits per heavy atom. The molecule has 18 heavy (non-hydrogen) atoms. The van der Waals surface area contributed by atoms with Crippen molar-refractivity contribution in [1.82, 2.24) is 5.32 Å². The van der Waals surface area contributed by atoms with Crippen molar-refractivity contribution in [3.05, 3.63) is 21.4 Å². The van der Waals surface area contributed by atoms with Gasteiger partial charge in [0.05, 0.1) is 12.2 Å². The fourth-order valence-electron chi connectivity index (χ4n) is 3.07. The summed E-state index contributed by atoms with van der Waals surface area (Å²) in [5.74, 6) is 0. The number of nitrogens with one attached hydrogen (secondary N) is 1. The van der Waals surface area contributed by atoms with Crippen molar-refractivity contribution in [2.75, 3.05) is 0 Å². The van der Waals surface area contributed by atoms with Gasteiger partial charge in [-0.05, 0) is 59.1 Å². The Kier molecular flexibility index (Phi) is 4.46. The molecule has 0 saturated carbocycles. The Morgan fingerprint density at radius 3 is 2.39 bits per heavy atom. The van der Waals surface area contributed by atoms with E-state index in [2.05, 4.69) is 46.0 Å². The van der Waals surface area contributed by atoms with Crippen LogP contribution in [0.15, 0.2) is 6.07 Å². The number of thiophene rings is 1. The largest absolute Gasteiger partial charge is 0.375 e. The fraction of sp³-hybridized carbons (Fsp3) is 0.733. The second-order valence-corrected chi connectivity index (χ2v) is 7.14. The standard InChI is InChI=1S/C15H25NOS/c1-9-6-14(7-10(2)17-9)16-12(4)15-8-11(3)18-13(15)5/h8-10,12,14,16H,6-7H2,1-5H3. The average Bonchev–Trinajstić information content (AvgIpc) is 2.56. The molecule has 1 aromatic heterocycles. The van der Waals surface area contributed by atoms with E-state index < -0.39 is 0 Å². The highest BCUT2D eigenvalue weighted by atomic mass is 32.1. The summed E-state index contributed by atoms with van der Waals surface area (Å²) in [4.78, 5) is 2.85. The lowest BCUT2D eigenvalue weighted by atomic mass is 9.98. The molecule has 0 bridgehead atoms. The molecule has 0 spiro atoms. The van der Waals surface area contributed by atoms with Crippen molar-refractivity contribution in [2.24, 2.45) is 0 Å². The van der Waals surface area contributed by atoms with Crippen LogP contribution < -0.4 is 5.32 Å². The Balaban J connectivity index is 1.98. The molecule has 102 valence electrons. The van der Waals surface area contributed by atoms with Crippen molar-refractivity contribution in [3.8, 4) is 0 Å². The van der Waals surface area contributed by atoms with Crippen LogP contribution in [0.3, 0.4) is 0 Å². The minimum Gasteiger partial charge on any atom is -0.375 e. The van der Waals surface area contributed by atoms with E-state index in [1.54, 1.807) is 0 Å². The molecule has 0 aromatic carbocycles. The van der Waals surface area contributed by atoms with Crippen LogP contribution in [0.25, 0.3) is 0 Å². The van der Waals surface area contributed by atoms with Gasteiger partial charge in [-0.2, -0.15) is 0 Å². The van der Waals surface area contributed by atoms with Crippen molar-refractivity contribution >= 4 is 11.3 Å². The first-order chi connectivity index (χ1) is 8.45. The zero-order valence-electron chi connectivity index (χ0n) is 12.1. The van der Waals surface area contributed by atoms with E-state index in [-0.39, 0.29) is 0 Å². The third kappa shape index (κ3) is 3.34. The summed E-state index contributed by atoms with van der Waals surface area (Å²) in [5.41, 5.74) is 1.46. The van der Waals surface area contributed by atoms with Crippen LogP contribution in [0.2, 0.25) is 0 Å². The Labute approximate surface area is 115 Å². The smallest absolute Gasteiger partial charge is 0.0565 e. The second kappa shape index (κ2) is 5.72. The van der Waals surface area contributed by atoms with E-state index in [0.717, 1.165) is 12.8 Å². The van der Waals surface area contributed by atoms with Gasteiger partial charge in [0.25, 0.3) is 0 Å². The lowest BCUT2D eigenvalue weighted by Crippen LogP contribution is -2.42. The highest BCUT2D eigenvalue weighted by Crippen LogP contribution is 2.28. The summed E-state index contributed by atoms with van der Waals surface area (Å²) in [6, 6.07) is 3.35. The maximum atomic E-state index is 5.79. The zero-order valence-corrected chi connectivity index (χ0v) is 12.9. The highest BCUT2D eigenvalue weighted by molar-refractivity contribution is 7.12. The Hall–Kier alpha value is -0.380. The average molecular weight is 267 g/mol. The van der Waals surface area contributed by atoms with E-state index in [4.69, 9.17) is 4.74 Å². The summed E-state index contributed by atoms with van der Waals surface area (Å²) >= 11 is 1.90. The van der Waals surface area contributed by atoms with E-state index in [0.29, 0.717) is 24.3 Å². The van der Waals surface area contributed by atoms with Gasteiger partial charge >= 0.3 is 0 Å². The summed E-state index contributed by atoms with van der Waals surface area (Å²) in [5, 5.41) is 3.78. The van der Waals surface area contributed by atoms with Gasteiger partial charge in [0.2, 0.25) is 0 Å². The molecule has 0 radical (unpaired) electrons. The highest BCUT2D eigenvalue weighted by Gasteiger charge is 2.26. The first kappa shape index (κ1) is 14.0. The van der Waals surface area contributed by atoms with Crippen LogP contribution >= 0.6 is 11.3 Å². The van der Waals surface area contributed by atoms with Gasteiger partial charge in [0.1, 0.15) is 0 Å². The van der Waals surface area contributed by atoms with Crippen molar-refractivity contribution in [1.29, 1.82) is 0 Å². The van der Waals surface area contributed by atoms with Gasteiger partial charge < -0.3 is 10.1 Å². The first-order valence-corrected chi connectivity index (χ1v) is 7.75. The first-order valence-electron chi connectivity index (χ1n) is 6.94. The molecule has 3 atom stereocenters. The summed E-state index contributed by atoms with van der Waals surface area (Å²) in [6.45, 7) is 11.0. The van der Waals surface area contributed by atoms with E-state index in [1.807, 2.05) is 11.3 Å². The molecule has 3 unspecified atom stereocenters. The maximum Gasteiger partial charge on any atom is 0.0565 e. The van der Waals surface area contributed by atoms with E-state index in [9.17, 15) is 0 Å². The normalized spacial score (nSPS) is 30.4. The van der Waals surface area contributed by atoms with Gasteiger partial charge in [-0.1, -0.05) is 0 Å². The molecular formula is C15H25NOS. The molecule has 1 aliphatic rings. The molecule has 2 rings (SSSR count). The third-order valence-corrected chi connectivity index (χ3v) is 4.71. The van der Waals surface area contributed by atoms with Crippen LogP contribution in [0, 0.1) is 13.8 Å². The number of hydrogen-bond acceptors (Lipinski definition) is 3. The predicted octanol–water partition coefficient (Wildman–Crippen LogP) is 3.97. The van der Waals surface area contributed by atoms with E-state index in [1.165, 1.54) is 15.3 Å². The van der Waals surface area contributed by atoms with Gasteiger partial charge in [-0.25, -0.2) is 0 Å². The SMILES string of the molecule is Cc1cc(C(C)NC2CC(C)OC(C)C2)c(C)s1. The lowest BCUT2D eigenvalue weighted by molar-refractivity contribution is -0.0433. The van der Waals surface area contributed by atoms with Gasteiger partial charge in [0, 0.05) is 21.8 Å². The summed E-state index contributed by atoms with van der Waals surface area (Å²) in [6.07, 6.45) is 3.00. The monoisotopic (exact) mass is 267 g/mol. The van der Waals surface area contributed by atoms with Crippen LogP contribution in [0.5, 0.6) is 0 Å². The van der Waals surface area contributed by atoms with Crippen LogP contribution in [0.4, 0.5) is 0 Å². The molecule has 1 aliphatic heterocycles. The molecule has 3 heteroatoms. The number of aryl methyl sites for hydroxylation is 2. The Morgan fingerprint density at radius 1 is 1.28 bits per heavy atom. The van der Waals surface area contributed by atoms with Gasteiger partial charge in [-0.15, -0.1) is 11.3 Å². The molecule has 0 amide bonds. The second-order valence-electron chi connectivity index (χ2n) is 5.68. The molecule has 1 fully saturated rings. The van der Waals surface area contributed by atoms with Crippen LogP contribution in [-0.2, 0) is 4.74 Å². The fourth-order valence-corrected chi connectivity index (χ4v) is 4.09. The molecule has 2 heterocycles. The van der Waals surface area contributed by atoms with Crippen LogP contribution in [0.1, 0.15) is 55.0 Å². The maximum absolute atomic E-state index is 5.79. The molecular weight excluding hydrogens is 242 g/mol. The zero-order chi connectivity index (χ0) is 13.3. The molecule has 1 N–H and O–H groups in total. The molecule has 2 nitrogen and oxygen atoms in total. The third-order valence-electron chi connectivity index (χ3n) is 3.73. The van der Waals surface area contributed by atoms with E-state index >= 15 is 0 Å². The number of rotatable bonds is 3. The topological polar surface area (TPSA) is 21.3 Å². The van der Waals surface area contributed by atoms with Gasteiger partial charge in [0.15, 0.2) is 0 Å². The number of ether oxygens (including phenoxy) is 1. The molecule has 0 aliphatic carbocycles. The molecule has 1 saturated heterocycles.